The van der Waals surface area contributed by atoms with Crippen molar-refractivity contribution in [1.82, 2.24) is 15.6 Å². The van der Waals surface area contributed by atoms with Crippen LogP contribution in [0.25, 0.3) is 0 Å². The number of carbonyl (C=O) groups is 2. The fourth-order valence-corrected chi connectivity index (χ4v) is 4.21. The third kappa shape index (κ3) is 6.27. The number of ether oxygens (including phenoxy) is 1. The number of rotatable bonds is 8. The zero-order chi connectivity index (χ0) is 24.1. The fourth-order valence-electron chi connectivity index (χ4n) is 2.78. The van der Waals surface area contributed by atoms with Crippen LogP contribution in [-0.4, -0.2) is 32.4 Å². The Labute approximate surface area is 187 Å². The number of benzene rings is 2. The predicted octanol–water partition coefficient (Wildman–Crippen LogP) is 2.36. The number of aryl methyl sites for hydroxylation is 1. The summed E-state index contributed by atoms with van der Waals surface area (Å²) < 4.78 is 46.9. The first-order chi connectivity index (χ1) is 14.9. The van der Waals surface area contributed by atoms with Crippen LogP contribution in [0.15, 0.2) is 47.4 Å². The summed E-state index contributed by atoms with van der Waals surface area (Å²) >= 11 is 0. The van der Waals surface area contributed by atoms with Crippen LogP contribution in [0.2, 0.25) is 0 Å². The molecule has 0 aromatic heterocycles. The van der Waals surface area contributed by atoms with E-state index in [0.717, 1.165) is 23.3 Å². The summed E-state index contributed by atoms with van der Waals surface area (Å²) in [5.41, 5.74) is 6.33. The van der Waals surface area contributed by atoms with Gasteiger partial charge in [0.05, 0.1) is 0 Å². The number of halogens is 1. The highest BCUT2D eigenvalue weighted by atomic mass is 32.2. The Morgan fingerprint density at radius 3 is 2.19 bits per heavy atom. The molecule has 2 atom stereocenters. The minimum atomic E-state index is -4.31. The molecular weight excluding hydrogens is 437 g/mol. The molecule has 32 heavy (non-hydrogen) atoms. The van der Waals surface area contributed by atoms with E-state index in [4.69, 9.17) is 4.74 Å². The Bertz CT molecular complexity index is 1090. The molecule has 0 saturated carbocycles. The Balaban J connectivity index is 2.03. The molecule has 0 bridgehead atoms. The molecule has 10 heteroatoms. The van der Waals surface area contributed by atoms with E-state index < -0.39 is 50.6 Å². The zero-order valence-electron chi connectivity index (χ0n) is 18.6. The second-order valence-corrected chi connectivity index (χ2v) is 9.39. The van der Waals surface area contributed by atoms with Crippen LogP contribution >= 0.6 is 0 Å². The van der Waals surface area contributed by atoms with Crippen LogP contribution in [-0.2, 0) is 19.6 Å². The molecule has 174 valence electrons. The summed E-state index contributed by atoms with van der Waals surface area (Å²) in [5.74, 6) is -2.31. The molecule has 0 heterocycles. The third-order valence-corrected chi connectivity index (χ3v) is 6.37. The topological polar surface area (TPSA) is 114 Å². The van der Waals surface area contributed by atoms with Gasteiger partial charge in [0.1, 0.15) is 22.5 Å². The van der Waals surface area contributed by atoms with Crippen LogP contribution in [0.4, 0.5) is 4.39 Å². The van der Waals surface area contributed by atoms with Gasteiger partial charge in [0.2, 0.25) is 10.0 Å². The summed E-state index contributed by atoms with van der Waals surface area (Å²) in [7, 11) is -4.31. The molecule has 2 aromatic rings. The minimum absolute atomic E-state index is 0.489. The lowest BCUT2D eigenvalue weighted by molar-refractivity contribution is -0.133. The highest BCUT2D eigenvalue weighted by Crippen LogP contribution is 2.21. The van der Waals surface area contributed by atoms with Crippen LogP contribution in [0.5, 0.6) is 5.75 Å². The molecule has 0 saturated heterocycles. The number of hydrogen-bond acceptors (Lipinski definition) is 5. The average Bonchev–Trinajstić information content (AvgIpc) is 2.73. The van der Waals surface area contributed by atoms with Crippen molar-refractivity contribution in [2.24, 2.45) is 5.92 Å². The number of hydrazine groups is 1. The van der Waals surface area contributed by atoms with E-state index in [1.807, 2.05) is 19.9 Å². The van der Waals surface area contributed by atoms with Gasteiger partial charge in [0, 0.05) is 0 Å². The maximum Gasteiger partial charge on any atom is 0.279 e. The van der Waals surface area contributed by atoms with Crippen LogP contribution in [0.3, 0.4) is 0 Å². The lowest BCUT2D eigenvalue weighted by Gasteiger charge is -2.23. The first-order valence-electron chi connectivity index (χ1n) is 10.0. The maximum atomic E-state index is 13.9. The van der Waals surface area contributed by atoms with Gasteiger partial charge < -0.3 is 4.74 Å². The molecular formula is C22H28FN3O5S. The van der Waals surface area contributed by atoms with Crippen molar-refractivity contribution in [1.29, 1.82) is 0 Å². The largest absolute Gasteiger partial charge is 0.481 e. The number of amides is 2. The number of sulfonamides is 1. The predicted molar refractivity (Wildman–Crippen MR) is 118 cm³/mol. The summed E-state index contributed by atoms with van der Waals surface area (Å²) in [6.07, 6.45) is -0.927. The van der Waals surface area contributed by atoms with E-state index in [2.05, 4.69) is 15.6 Å². The molecule has 2 aromatic carbocycles. The molecule has 2 amide bonds. The fraction of sp³-hybridized carbons (Fsp3) is 0.364. The lowest BCUT2D eigenvalue weighted by Crippen LogP contribution is -2.55. The monoisotopic (exact) mass is 465 g/mol. The first kappa shape index (κ1) is 25.3. The molecule has 0 fully saturated rings. The molecule has 0 aliphatic carbocycles. The number of nitrogens with one attached hydrogen (secondary N) is 3. The van der Waals surface area contributed by atoms with E-state index in [9.17, 15) is 22.4 Å². The molecule has 0 aliphatic rings. The lowest BCUT2D eigenvalue weighted by atomic mass is 10.1. The average molecular weight is 466 g/mol. The van der Waals surface area contributed by atoms with Crippen molar-refractivity contribution in [3.63, 3.8) is 0 Å². The molecule has 2 rings (SSSR count). The van der Waals surface area contributed by atoms with E-state index in [1.54, 1.807) is 26.0 Å². The van der Waals surface area contributed by atoms with Crippen molar-refractivity contribution in [3.8, 4) is 5.75 Å². The quantitative estimate of drug-likeness (QED) is 0.518. The SMILES string of the molecule is Cc1cccc(OC(C)C(=O)NNC(=O)[C@@H](NS(=O)(=O)c2ccccc2F)C(C)C)c1C. The Morgan fingerprint density at radius 2 is 1.56 bits per heavy atom. The molecule has 0 spiro atoms. The first-order valence-corrected chi connectivity index (χ1v) is 11.5. The number of hydrogen-bond donors (Lipinski definition) is 3. The van der Waals surface area contributed by atoms with E-state index in [0.29, 0.717) is 5.75 Å². The molecule has 8 nitrogen and oxygen atoms in total. The second kappa shape index (κ2) is 10.6. The summed E-state index contributed by atoms with van der Waals surface area (Å²) in [5, 5.41) is 0. The molecule has 1 unspecified atom stereocenters. The van der Waals surface area contributed by atoms with Crippen molar-refractivity contribution in [2.75, 3.05) is 0 Å². The highest BCUT2D eigenvalue weighted by Gasteiger charge is 2.30. The summed E-state index contributed by atoms with van der Waals surface area (Å²) in [6.45, 7) is 8.53. The maximum absolute atomic E-state index is 13.9. The van der Waals surface area contributed by atoms with Crippen LogP contribution < -0.4 is 20.3 Å². The van der Waals surface area contributed by atoms with Gasteiger partial charge in [-0.05, 0) is 56.0 Å². The number of carbonyl (C=O) groups excluding carboxylic acids is 2. The Kier molecular flexibility index (Phi) is 8.34. The van der Waals surface area contributed by atoms with E-state index in [-0.39, 0.29) is 0 Å². The standard InChI is InChI=1S/C22H28FN3O5S/c1-13(2)20(26-32(29,30)19-12-7-6-10-17(19)23)22(28)25-24-21(27)16(5)31-18-11-8-9-14(3)15(18)4/h6-13,16,20,26H,1-5H3,(H,24,27)(H,25,28)/t16?,20-/m0/s1. The van der Waals surface area contributed by atoms with E-state index >= 15 is 0 Å². The van der Waals surface area contributed by atoms with Crippen LogP contribution in [0.1, 0.15) is 31.9 Å². The van der Waals surface area contributed by atoms with Crippen LogP contribution in [0, 0.1) is 25.6 Å². The van der Waals surface area contributed by atoms with Gasteiger partial charge in [0.25, 0.3) is 11.8 Å². The normalized spacial score (nSPS) is 13.3. The van der Waals surface area contributed by atoms with Gasteiger partial charge in [-0.1, -0.05) is 38.1 Å². The van der Waals surface area contributed by atoms with Crippen molar-refractivity contribution in [3.05, 3.63) is 59.4 Å². The van der Waals surface area contributed by atoms with Gasteiger partial charge >= 0.3 is 0 Å². The van der Waals surface area contributed by atoms with Crippen molar-refractivity contribution >= 4 is 21.8 Å². The van der Waals surface area contributed by atoms with Crippen molar-refractivity contribution in [2.45, 2.75) is 51.7 Å². The van der Waals surface area contributed by atoms with Gasteiger partial charge in [-0.3, -0.25) is 20.4 Å². The van der Waals surface area contributed by atoms with Gasteiger partial charge in [-0.25, -0.2) is 12.8 Å². The van der Waals surface area contributed by atoms with Crippen molar-refractivity contribution < 1.29 is 27.1 Å². The second-order valence-electron chi connectivity index (χ2n) is 7.71. The minimum Gasteiger partial charge on any atom is -0.481 e. The van der Waals surface area contributed by atoms with Gasteiger partial charge in [0.15, 0.2) is 6.10 Å². The summed E-state index contributed by atoms with van der Waals surface area (Å²) in [4.78, 5) is 24.4. The third-order valence-electron chi connectivity index (χ3n) is 4.89. The zero-order valence-corrected chi connectivity index (χ0v) is 19.4. The molecule has 3 N–H and O–H groups in total. The van der Waals surface area contributed by atoms with Gasteiger partial charge in [-0.15, -0.1) is 0 Å². The highest BCUT2D eigenvalue weighted by molar-refractivity contribution is 7.89. The Hall–Kier alpha value is -2.98. The van der Waals surface area contributed by atoms with E-state index in [1.165, 1.54) is 19.1 Å². The smallest absolute Gasteiger partial charge is 0.279 e. The summed E-state index contributed by atoms with van der Waals surface area (Å²) in [6, 6.07) is 9.04. The van der Waals surface area contributed by atoms with Gasteiger partial charge in [-0.2, -0.15) is 4.72 Å². The molecule has 0 radical (unpaired) electrons. The molecule has 0 aliphatic heterocycles. The Morgan fingerprint density at radius 1 is 0.938 bits per heavy atom.